The van der Waals surface area contributed by atoms with E-state index < -0.39 is 0 Å². The van der Waals surface area contributed by atoms with Gasteiger partial charge in [0.2, 0.25) is 5.91 Å². The number of aryl methyl sites for hydroxylation is 1. The molecule has 1 fully saturated rings. The molecule has 2 aromatic rings. The lowest BCUT2D eigenvalue weighted by Gasteiger charge is -2.17. The number of aromatic nitrogens is 2. The predicted octanol–water partition coefficient (Wildman–Crippen LogP) is 1.95. The summed E-state index contributed by atoms with van der Waals surface area (Å²) in [6, 6.07) is 7.76. The van der Waals surface area contributed by atoms with E-state index in [-0.39, 0.29) is 11.8 Å². The fraction of sp³-hybridized carbons (Fsp3) is 0.522. The van der Waals surface area contributed by atoms with E-state index in [0.29, 0.717) is 44.8 Å². The lowest BCUT2D eigenvalue weighted by molar-refractivity contribution is -0.121. The zero-order valence-corrected chi connectivity index (χ0v) is 18.1. The summed E-state index contributed by atoms with van der Waals surface area (Å²) in [6.45, 7) is 3.67. The molecule has 0 bridgehead atoms. The molecule has 0 atom stereocenters. The first-order valence-corrected chi connectivity index (χ1v) is 11.0. The summed E-state index contributed by atoms with van der Waals surface area (Å²) >= 11 is 0. The van der Waals surface area contributed by atoms with Crippen molar-refractivity contribution in [2.24, 2.45) is 0 Å². The number of amides is 2. The van der Waals surface area contributed by atoms with Gasteiger partial charge in [-0.2, -0.15) is 5.10 Å². The summed E-state index contributed by atoms with van der Waals surface area (Å²) in [4.78, 5) is 27.1. The molecule has 0 saturated carbocycles. The molecular weight excluding hydrogens is 396 g/mol. The number of carbonyl (C=O) groups excluding carboxylic acids is 2. The van der Waals surface area contributed by atoms with E-state index in [1.54, 1.807) is 7.11 Å². The summed E-state index contributed by atoms with van der Waals surface area (Å²) in [5, 5.41) is 7.60. The number of hydrogen-bond acceptors (Lipinski definition) is 5. The first-order valence-electron chi connectivity index (χ1n) is 11.0. The van der Waals surface area contributed by atoms with Crippen molar-refractivity contribution in [1.29, 1.82) is 0 Å². The average molecular weight is 427 g/mol. The van der Waals surface area contributed by atoms with Crippen LogP contribution in [0.1, 0.15) is 46.6 Å². The molecule has 1 N–H and O–H groups in total. The highest BCUT2D eigenvalue weighted by Gasteiger charge is 2.29. The van der Waals surface area contributed by atoms with Gasteiger partial charge >= 0.3 is 0 Å². The molecular formula is C23H30N4O4. The molecule has 1 aromatic carbocycles. The summed E-state index contributed by atoms with van der Waals surface area (Å²) < 4.78 is 12.7. The second-order valence-corrected chi connectivity index (χ2v) is 8.00. The van der Waals surface area contributed by atoms with E-state index >= 15 is 0 Å². The number of methoxy groups -OCH3 is 1. The van der Waals surface area contributed by atoms with E-state index in [4.69, 9.17) is 9.47 Å². The SMILES string of the molecule is COc1cccc(CCC(=O)NCCn2nc(C(=O)N3CCCC3)c3c2CCOC3)c1. The highest BCUT2D eigenvalue weighted by Crippen LogP contribution is 2.23. The van der Waals surface area contributed by atoms with Crippen LogP contribution >= 0.6 is 0 Å². The fourth-order valence-corrected chi connectivity index (χ4v) is 4.21. The lowest BCUT2D eigenvalue weighted by atomic mass is 10.1. The Bertz CT molecular complexity index is 934. The minimum atomic E-state index is 0.000301. The zero-order valence-electron chi connectivity index (χ0n) is 18.1. The van der Waals surface area contributed by atoms with Crippen molar-refractivity contribution in [3.8, 4) is 5.75 Å². The molecule has 0 radical (unpaired) electrons. The molecule has 0 spiro atoms. The van der Waals surface area contributed by atoms with Crippen molar-refractivity contribution in [2.45, 2.75) is 45.3 Å². The van der Waals surface area contributed by atoms with Crippen molar-refractivity contribution in [3.63, 3.8) is 0 Å². The number of rotatable bonds is 8. The van der Waals surface area contributed by atoms with Crippen molar-refractivity contribution in [1.82, 2.24) is 20.0 Å². The highest BCUT2D eigenvalue weighted by molar-refractivity contribution is 5.94. The maximum Gasteiger partial charge on any atom is 0.274 e. The Labute approximate surface area is 182 Å². The van der Waals surface area contributed by atoms with Crippen LogP contribution in [0.15, 0.2) is 24.3 Å². The van der Waals surface area contributed by atoms with Crippen LogP contribution in [0.5, 0.6) is 5.75 Å². The maximum absolute atomic E-state index is 12.9. The molecule has 0 aliphatic carbocycles. The maximum atomic E-state index is 12.9. The highest BCUT2D eigenvalue weighted by atomic mass is 16.5. The molecule has 31 heavy (non-hydrogen) atoms. The second-order valence-electron chi connectivity index (χ2n) is 8.00. The van der Waals surface area contributed by atoms with E-state index in [2.05, 4.69) is 10.4 Å². The average Bonchev–Trinajstić information content (AvgIpc) is 3.46. The number of hydrogen-bond donors (Lipinski definition) is 1. The molecule has 166 valence electrons. The topological polar surface area (TPSA) is 85.7 Å². The van der Waals surface area contributed by atoms with Crippen LogP contribution < -0.4 is 10.1 Å². The first-order chi connectivity index (χ1) is 15.2. The summed E-state index contributed by atoms with van der Waals surface area (Å²) in [6.07, 6.45) is 3.90. The van der Waals surface area contributed by atoms with Gasteiger partial charge < -0.3 is 19.7 Å². The number of nitrogens with zero attached hydrogens (tertiary/aromatic N) is 3. The van der Waals surface area contributed by atoms with Gasteiger partial charge in [-0.05, 0) is 37.0 Å². The van der Waals surface area contributed by atoms with Crippen LogP contribution in [0, 0.1) is 0 Å². The quantitative estimate of drug-likeness (QED) is 0.697. The fourth-order valence-electron chi connectivity index (χ4n) is 4.21. The van der Waals surface area contributed by atoms with E-state index in [1.165, 1.54) is 0 Å². The third-order valence-electron chi connectivity index (χ3n) is 5.91. The normalized spacial score (nSPS) is 15.6. The number of benzene rings is 1. The van der Waals surface area contributed by atoms with E-state index in [1.807, 2.05) is 33.8 Å². The molecule has 3 heterocycles. The molecule has 8 nitrogen and oxygen atoms in total. The largest absolute Gasteiger partial charge is 0.497 e. The van der Waals surface area contributed by atoms with Gasteiger partial charge in [0.1, 0.15) is 5.75 Å². The van der Waals surface area contributed by atoms with Crippen LogP contribution in [0.4, 0.5) is 0 Å². The van der Waals surface area contributed by atoms with Crippen LogP contribution in [0.3, 0.4) is 0 Å². The van der Waals surface area contributed by atoms with Gasteiger partial charge in [0.15, 0.2) is 5.69 Å². The van der Waals surface area contributed by atoms with Gasteiger partial charge in [-0.1, -0.05) is 12.1 Å². The number of carbonyl (C=O) groups is 2. The molecule has 2 amide bonds. The molecule has 1 saturated heterocycles. The van der Waals surface area contributed by atoms with Gasteiger partial charge in [0.25, 0.3) is 5.91 Å². The van der Waals surface area contributed by atoms with Crippen LogP contribution in [0.2, 0.25) is 0 Å². The predicted molar refractivity (Wildman–Crippen MR) is 115 cm³/mol. The van der Waals surface area contributed by atoms with Crippen LogP contribution in [0.25, 0.3) is 0 Å². The Morgan fingerprint density at radius 3 is 2.90 bits per heavy atom. The molecule has 4 rings (SSSR count). The van der Waals surface area contributed by atoms with E-state index in [9.17, 15) is 9.59 Å². The van der Waals surface area contributed by atoms with E-state index in [0.717, 1.165) is 54.9 Å². The third-order valence-corrected chi connectivity index (χ3v) is 5.91. The monoisotopic (exact) mass is 426 g/mol. The van der Waals surface area contributed by atoms with Gasteiger partial charge in [-0.3, -0.25) is 14.3 Å². The smallest absolute Gasteiger partial charge is 0.274 e. The summed E-state index contributed by atoms with van der Waals surface area (Å²) in [5.74, 6) is 0.797. The minimum absolute atomic E-state index is 0.000301. The second kappa shape index (κ2) is 9.96. The minimum Gasteiger partial charge on any atom is -0.497 e. The van der Waals surface area contributed by atoms with Crippen molar-refractivity contribution in [2.75, 3.05) is 33.4 Å². The van der Waals surface area contributed by atoms with Crippen molar-refractivity contribution < 1.29 is 19.1 Å². The number of likely N-dealkylation sites (tertiary alicyclic amines) is 1. The number of nitrogens with one attached hydrogen (secondary N) is 1. The Morgan fingerprint density at radius 1 is 1.26 bits per heavy atom. The van der Waals surface area contributed by atoms with Crippen molar-refractivity contribution >= 4 is 11.8 Å². The van der Waals surface area contributed by atoms with Crippen LogP contribution in [-0.2, 0) is 35.5 Å². The Balaban J connectivity index is 1.32. The first kappa shape index (κ1) is 21.4. The summed E-state index contributed by atoms with van der Waals surface area (Å²) in [7, 11) is 1.63. The standard InChI is InChI=1S/C23H30N4O4/c1-30-18-6-4-5-17(15-18)7-8-21(28)24-10-13-27-20-9-14-31-16-19(20)22(25-27)23(29)26-11-2-3-12-26/h4-6,15H,2-3,7-14,16H2,1H3,(H,24,28). The van der Waals surface area contributed by atoms with Gasteiger partial charge in [0.05, 0.1) is 26.9 Å². The zero-order chi connectivity index (χ0) is 21.6. The summed E-state index contributed by atoms with van der Waals surface area (Å²) in [5.41, 5.74) is 3.55. The molecule has 8 heteroatoms. The molecule has 0 unspecified atom stereocenters. The Hall–Kier alpha value is -2.87. The van der Waals surface area contributed by atoms with Crippen molar-refractivity contribution in [3.05, 3.63) is 46.8 Å². The van der Waals surface area contributed by atoms with Gasteiger partial charge in [-0.15, -0.1) is 0 Å². The molecule has 2 aliphatic heterocycles. The third kappa shape index (κ3) is 5.07. The Morgan fingerprint density at radius 2 is 2.10 bits per heavy atom. The number of ether oxygens (including phenoxy) is 2. The molecule has 2 aliphatic rings. The molecule has 1 aromatic heterocycles. The number of fused-ring (bicyclic) bond motifs is 1. The lowest BCUT2D eigenvalue weighted by Crippen LogP contribution is -2.29. The van der Waals surface area contributed by atoms with Gasteiger partial charge in [-0.25, -0.2) is 0 Å². The van der Waals surface area contributed by atoms with Crippen LogP contribution in [-0.4, -0.2) is 59.8 Å². The Kier molecular flexibility index (Phi) is 6.86. The van der Waals surface area contributed by atoms with Gasteiger partial charge in [0, 0.05) is 43.7 Å².